The second-order valence-electron chi connectivity index (χ2n) is 5.00. The Morgan fingerprint density at radius 2 is 2.16 bits per heavy atom. The number of nitrogens with one attached hydrogen (secondary N) is 1. The molecule has 1 aromatic carbocycles. The molecule has 0 saturated carbocycles. The standard InChI is InChI=1S/C13H18BrClN2O2/c1-13(2,8-18)17(3)7-12(19)16-11-5-4-9(14)6-10(11)15/h4-6,18H,7-8H2,1-3H3,(H,16,19). The Balaban J connectivity index is 2.65. The zero-order chi connectivity index (χ0) is 14.6. The Hall–Kier alpha value is -0.620. The third kappa shape index (κ3) is 4.76. The number of halogens is 2. The fourth-order valence-corrected chi connectivity index (χ4v) is 2.05. The maximum atomic E-state index is 11.9. The molecule has 4 nitrogen and oxygen atoms in total. The van der Waals surface area contributed by atoms with Crippen molar-refractivity contribution < 1.29 is 9.90 Å². The van der Waals surface area contributed by atoms with Crippen molar-refractivity contribution in [1.29, 1.82) is 0 Å². The number of hydrogen-bond acceptors (Lipinski definition) is 3. The first kappa shape index (κ1) is 16.4. The highest BCUT2D eigenvalue weighted by Crippen LogP contribution is 2.25. The van der Waals surface area contributed by atoms with Crippen LogP contribution in [0.3, 0.4) is 0 Å². The number of aliphatic hydroxyl groups is 1. The summed E-state index contributed by atoms with van der Waals surface area (Å²) in [5, 5.41) is 12.5. The van der Waals surface area contributed by atoms with Crippen LogP contribution in [0.5, 0.6) is 0 Å². The van der Waals surface area contributed by atoms with Gasteiger partial charge < -0.3 is 10.4 Å². The minimum Gasteiger partial charge on any atom is -0.394 e. The second-order valence-corrected chi connectivity index (χ2v) is 6.32. The molecular formula is C13H18BrClN2O2. The van der Waals surface area contributed by atoms with E-state index in [-0.39, 0.29) is 19.1 Å². The van der Waals surface area contributed by atoms with E-state index in [1.165, 1.54) is 0 Å². The Morgan fingerprint density at radius 3 is 2.68 bits per heavy atom. The molecule has 19 heavy (non-hydrogen) atoms. The molecule has 0 aromatic heterocycles. The maximum Gasteiger partial charge on any atom is 0.238 e. The highest BCUT2D eigenvalue weighted by molar-refractivity contribution is 9.10. The van der Waals surface area contributed by atoms with Crippen LogP contribution in [0.1, 0.15) is 13.8 Å². The van der Waals surface area contributed by atoms with Crippen LogP contribution < -0.4 is 5.32 Å². The summed E-state index contributed by atoms with van der Waals surface area (Å²) in [5.74, 6) is -0.173. The van der Waals surface area contributed by atoms with E-state index in [0.29, 0.717) is 10.7 Å². The van der Waals surface area contributed by atoms with Crippen LogP contribution in [0.4, 0.5) is 5.69 Å². The fraction of sp³-hybridized carbons (Fsp3) is 0.462. The number of hydrogen-bond donors (Lipinski definition) is 2. The molecule has 0 saturated heterocycles. The minimum absolute atomic E-state index is 0.0180. The van der Waals surface area contributed by atoms with Gasteiger partial charge in [0.2, 0.25) is 5.91 Å². The van der Waals surface area contributed by atoms with Crippen LogP contribution in [-0.4, -0.2) is 41.7 Å². The molecule has 106 valence electrons. The zero-order valence-corrected chi connectivity index (χ0v) is 13.5. The number of rotatable bonds is 5. The van der Waals surface area contributed by atoms with Crippen molar-refractivity contribution >= 4 is 39.1 Å². The average molecular weight is 350 g/mol. The van der Waals surface area contributed by atoms with Crippen LogP contribution in [0, 0.1) is 0 Å². The van der Waals surface area contributed by atoms with Gasteiger partial charge >= 0.3 is 0 Å². The molecule has 1 aromatic rings. The molecule has 0 aliphatic heterocycles. The Bertz CT molecular complexity index is 466. The van der Waals surface area contributed by atoms with Crippen LogP contribution in [-0.2, 0) is 4.79 Å². The quantitative estimate of drug-likeness (QED) is 0.859. The molecule has 0 unspecified atom stereocenters. The molecule has 0 atom stereocenters. The van der Waals surface area contributed by atoms with Gasteiger partial charge in [-0.05, 0) is 39.1 Å². The van der Waals surface area contributed by atoms with E-state index in [2.05, 4.69) is 21.2 Å². The number of nitrogens with zero attached hydrogens (tertiary/aromatic N) is 1. The summed E-state index contributed by atoms with van der Waals surface area (Å²) in [6.07, 6.45) is 0. The van der Waals surface area contributed by atoms with Crippen LogP contribution in [0.25, 0.3) is 0 Å². The van der Waals surface area contributed by atoms with Gasteiger partial charge in [0.15, 0.2) is 0 Å². The molecule has 0 fully saturated rings. The van der Waals surface area contributed by atoms with Crippen LogP contribution >= 0.6 is 27.5 Å². The summed E-state index contributed by atoms with van der Waals surface area (Å²) < 4.78 is 0.856. The highest BCUT2D eigenvalue weighted by Gasteiger charge is 2.24. The lowest BCUT2D eigenvalue weighted by Gasteiger charge is -2.33. The summed E-state index contributed by atoms with van der Waals surface area (Å²) in [5.41, 5.74) is 0.131. The fourth-order valence-electron chi connectivity index (χ4n) is 1.33. The van der Waals surface area contributed by atoms with E-state index >= 15 is 0 Å². The molecule has 0 heterocycles. The lowest BCUT2D eigenvalue weighted by molar-refractivity contribution is -0.118. The van der Waals surface area contributed by atoms with E-state index < -0.39 is 5.54 Å². The molecule has 0 aliphatic rings. The molecular weight excluding hydrogens is 332 g/mol. The van der Waals surface area contributed by atoms with Crippen molar-refractivity contribution in [2.75, 3.05) is 25.5 Å². The van der Waals surface area contributed by atoms with Crippen molar-refractivity contribution in [3.63, 3.8) is 0 Å². The monoisotopic (exact) mass is 348 g/mol. The SMILES string of the molecule is CN(CC(=O)Nc1ccc(Br)cc1Cl)C(C)(C)CO. The van der Waals surface area contributed by atoms with Gasteiger partial charge in [-0.3, -0.25) is 9.69 Å². The number of amides is 1. The molecule has 0 aliphatic carbocycles. The number of anilines is 1. The first-order valence-electron chi connectivity index (χ1n) is 5.83. The topological polar surface area (TPSA) is 52.6 Å². The normalized spacial score (nSPS) is 11.7. The van der Waals surface area contributed by atoms with Gasteiger partial charge in [0.25, 0.3) is 0 Å². The first-order chi connectivity index (χ1) is 8.76. The molecule has 1 rings (SSSR count). The summed E-state index contributed by atoms with van der Waals surface area (Å²) >= 11 is 9.33. The Kier molecular flexibility index (Phi) is 5.80. The molecule has 1 amide bonds. The summed E-state index contributed by atoms with van der Waals surface area (Å²) in [7, 11) is 1.79. The van der Waals surface area contributed by atoms with Crippen LogP contribution in [0.2, 0.25) is 5.02 Å². The third-order valence-electron chi connectivity index (χ3n) is 3.01. The van der Waals surface area contributed by atoms with Gasteiger partial charge in [-0.1, -0.05) is 27.5 Å². The number of carbonyl (C=O) groups is 1. The predicted molar refractivity (Wildman–Crippen MR) is 81.6 cm³/mol. The molecule has 0 radical (unpaired) electrons. The van der Waals surface area contributed by atoms with Crippen LogP contribution in [0.15, 0.2) is 22.7 Å². The van der Waals surface area contributed by atoms with Crippen molar-refractivity contribution in [3.05, 3.63) is 27.7 Å². The van der Waals surface area contributed by atoms with Crippen molar-refractivity contribution in [2.45, 2.75) is 19.4 Å². The van der Waals surface area contributed by atoms with E-state index in [0.717, 1.165) is 4.47 Å². The van der Waals surface area contributed by atoms with E-state index in [4.69, 9.17) is 11.6 Å². The van der Waals surface area contributed by atoms with Crippen molar-refractivity contribution in [1.82, 2.24) is 4.90 Å². The second kappa shape index (κ2) is 6.70. The molecule has 0 spiro atoms. The summed E-state index contributed by atoms with van der Waals surface area (Å²) in [4.78, 5) is 13.7. The highest BCUT2D eigenvalue weighted by atomic mass is 79.9. The number of benzene rings is 1. The third-order valence-corrected chi connectivity index (χ3v) is 3.81. The molecule has 2 N–H and O–H groups in total. The zero-order valence-electron chi connectivity index (χ0n) is 11.2. The van der Waals surface area contributed by atoms with Gasteiger partial charge in [-0.15, -0.1) is 0 Å². The average Bonchev–Trinajstić information content (AvgIpc) is 2.32. The van der Waals surface area contributed by atoms with Gasteiger partial charge in [-0.2, -0.15) is 0 Å². The lowest BCUT2D eigenvalue weighted by Crippen LogP contribution is -2.47. The Morgan fingerprint density at radius 1 is 1.53 bits per heavy atom. The van der Waals surface area contributed by atoms with E-state index in [1.54, 1.807) is 24.1 Å². The van der Waals surface area contributed by atoms with Crippen molar-refractivity contribution in [3.8, 4) is 0 Å². The summed E-state index contributed by atoms with van der Waals surface area (Å²) in [6.45, 7) is 3.90. The Labute approximate surface area is 126 Å². The predicted octanol–water partition coefficient (Wildman–Crippen LogP) is 2.74. The number of aliphatic hydroxyl groups excluding tert-OH is 1. The first-order valence-corrected chi connectivity index (χ1v) is 7.00. The number of likely N-dealkylation sites (N-methyl/N-ethyl adjacent to an activating group) is 1. The largest absolute Gasteiger partial charge is 0.394 e. The molecule has 6 heteroatoms. The van der Waals surface area contributed by atoms with Gasteiger partial charge in [-0.25, -0.2) is 0 Å². The van der Waals surface area contributed by atoms with Gasteiger partial charge in [0.05, 0.1) is 23.9 Å². The summed E-state index contributed by atoms with van der Waals surface area (Å²) in [6, 6.07) is 5.27. The number of carbonyl (C=O) groups excluding carboxylic acids is 1. The van der Waals surface area contributed by atoms with E-state index in [9.17, 15) is 9.90 Å². The van der Waals surface area contributed by atoms with Gasteiger partial charge in [0.1, 0.15) is 0 Å². The van der Waals surface area contributed by atoms with E-state index in [1.807, 2.05) is 19.9 Å². The van der Waals surface area contributed by atoms with Gasteiger partial charge in [0, 0.05) is 10.0 Å². The maximum absolute atomic E-state index is 11.9. The van der Waals surface area contributed by atoms with Crippen molar-refractivity contribution in [2.24, 2.45) is 0 Å². The minimum atomic E-state index is -0.444. The molecule has 0 bridgehead atoms. The lowest BCUT2D eigenvalue weighted by atomic mass is 10.1. The smallest absolute Gasteiger partial charge is 0.238 e.